The molecule has 0 fully saturated rings. The van der Waals surface area contributed by atoms with Crippen LogP contribution in [0.1, 0.15) is 6.92 Å². The molecule has 0 aliphatic carbocycles. The number of hydrogen-bond acceptors (Lipinski definition) is 5. The molecule has 0 saturated heterocycles. The van der Waals surface area contributed by atoms with E-state index in [4.69, 9.17) is 28.9 Å². The van der Waals surface area contributed by atoms with E-state index >= 15 is 0 Å². The summed E-state index contributed by atoms with van der Waals surface area (Å²) in [6.07, 6.45) is 1.77. The first-order chi connectivity index (χ1) is 6.58. The Morgan fingerprint density at radius 2 is 2.21 bits per heavy atom. The summed E-state index contributed by atoms with van der Waals surface area (Å²) >= 11 is 11.2. The zero-order valence-electron chi connectivity index (χ0n) is 7.46. The van der Waals surface area contributed by atoms with Gasteiger partial charge in [-0.1, -0.05) is 17.7 Å². The van der Waals surface area contributed by atoms with E-state index in [0.29, 0.717) is 17.5 Å². The number of rotatable bonds is 3. The highest BCUT2D eigenvalue weighted by atomic mass is 35.5. The minimum atomic E-state index is 0.0616. The van der Waals surface area contributed by atoms with Gasteiger partial charge in [-0.05, 0) is 18.5 Å². The molecule has 0 atom stereocenters. The fourth-order valence-corrected chi connectivity index (χ4v) is 0.971. The average molecular weight is 234 g/mol. The van der Waals surface area contributed by atoms with Crippen LogP contribution in [0.4, 0.5) is 11.9 Å². The van der Waals surface area contributed by atoms with Crippen molar-refractivity contribution in [3.05, 3.63) is 16.4 Å². The van der Waals surface area contributed by atoms with Gasteiger partial charge in [-0.25, -0.2) is 0 Å². The van der Waals surface area contributed by atoms with Crippen LogP contribution in [-0.2, 0) is 0 Å². The van der Waals surface area contributed by atoms with Gasteiger partial charge < -0.3 is 11.1 Å². The molecule has 1 rings (SSSR count). The topological polar surface area (TPSA) is 76.7 Å². The Kier molecular flexibility index (Phi) is 3.91. The maximum absolute atomic E-state index is 5.62. The van der Waals surface area contributed by atoms with Gasteiger partial charge in [-0.3, -0.25) is 0 Å². The predicted octanol–water partition coefficient (Wildman–Crippen LogP) is 1.66. The van der Waals surface area contributed by atoms with Crippen molar-refractivity contribution >= 4 is 35.1 Å². The zero-order valence-corrected chi connectivity index (χ0v) is 8.97. The number of halogens is 2. The molecule has 0 radical (unpaired) electrons. The van der Waals surface area contributed by atoms with Crippen molar-refractivity contribution in [2.75, 3.05) is 17.6 Å². The largest absolute Gasteiger partial charge is 0.368 e. The van der Waals surface area contributed by atoms with Crippen molar-refractivity contribution in [2.45, 2.75) is 6.92 Å². The van der Waals surface area contributed by atoms with E-state index in [2.05, 4.69) is 20.3 Å². The smallest absolute Gasteiger partial charge is 0.229 e. The van der Waals surface area contributed by atoms with E-state index in [1.54, 1.807) is 13.0 Å². The summed E-state index contributed by atoms with van der Waals surface area (Å²) in [5.74, 6) is 0.413. The lowest BCUT2D eigenvalue weighted by atomic mass is 10.5. The fourth-order valence-electron chi connectivity index (χ4n) is 0.727. The molecule has 0 spiro atoms. The lowest BCUT2D eigenvalue weighted by Gasteiger charge is -2.01. The van der Waals surface area contributed by atoms with Crippen molar-refractivity contribution < 1.29 is 0 Å². The van der Waals surface area contributed by atoms with E-state index in [0.717, 1.165) is 0 Å². The summed E-state index contributed by atoms with van der Waals surface area (Å²) in [6, 6.07) is 0. The molecule has 14 heavy (non-hydrogen) atoms. The maximum atomic E-state index is 5.62. The van der Waals surface area contributed by atoms with Crippen LogP contribution in [0.15, 0.2) is 11.1 Å². The number of nitrogens with two attached hydrogens (primary N) is 1. The molecule has 7 heteroatoms. The summed E-state index contributed by atoms with van der Waals surface area (Å²) in [4.78, 5) is 11.2. The second-order valence-corrected chi connectivity index (χ2v) is 3.39. The molecular formula is C7H9Cl2N5. The molecular weight excluding hydrogens is 225 g/mol. The van der Waals surface area contributed by atoms with Gasteiger partial charge in [0.15, 0.2) is 0 Å². The third kappa shape index (κ3) is 3.76. The molecule has 0 amide bonds. The van der Waals surface area contributed by atoms with Gasteiger partial charge in [-0.2, -0.15) is 15.0 Å². The first-order valence-corrected chi connectivity index (χ1v) is 4.56. The van der Waals surface area contributed by atoms with Crippen molar-refractivity contribution in [2.24, 2.45) is 0 Å². The first-order valence-electron chi connectivity index (χ1n) is 3.81. The Balaban J connectivity index is 2.63. The minimum absolute atomic E-state index is 0.0616. The van der Waals surface area contributed by atoms with Crippen LogP contribution in [0.5, 0.6) is 0 Å². The zero-order chi connectivity index (χ0) is 10.6. The molecule has 3 N–H and O–H groups in total. The second-order valence-electron chi connectivity index (χ2n) is 2.46. The van der Waals surface area contributed by atoms with E-state index < -0.39 is 0 Å². The first kappa shape index (κ1) is 11.0. The van der Waals surface area contributed by atoms with Crippen LogP contribution in [0, 0.1) is 0 Å². The summed E-state index contributed by atoms with van der Waals surface area (Å²) < 4.78 is 0. The van der Waals surface area contributed by atoms with Gasteiger partial charge in [0.1, 0.15) is 0 Å². The number of nitrogens with one attached hydrogen (secondary N) is 1. The normalized spacial score (nSPS) is 11.5. The fraction of sp³-hybridized carbons (Fsp3) is 0.286. The molecule has 5 nitrogen and oxygen atoms in total. The van der Waals surface area contributed by atoms with Crippen LogP contribution in [0.3, 0.4) is 0 Å². The van der Waals surface area contributed by atoms with Gasteiger partial charge in [0.2, 0.25) is 17.2 Å². The number of allylic oxidation sites excluding steroid dienone is 1. The highest BCUT2D eigenvalue weighted by Crippen LogP contribution is 2.06. The summed E-state index contributed by atoms with van der Waals surface area (Å²) in [5.41, 5.74) is 5.36. The quantitative estimate of drug-likeness (QED) is 0.831. The highest BCUT2D eigenvalue weighted by molar-refractivity contribution is 6.29. The van der Waals surface area contributed by atoms with Crippen LogP contribution in [0.2, 0.25) is 5.28 Å². The third-order valence-electron chi connectivity index (χ3n) is 1.27. The molecule has 76 valence electrons. The summed E-state index contributed by atoms with van der Waals surface area (Å²) in [6.45, 7) is 2.28. The SMILES string of the molecule is C/C(Cl)=C\CNc1nc(N)nc(Cl)n1. The molecule has 0 bridgehead atoms. The van der Waals surface area contributed by atoms with Crippen molar-refractivity contribution in [3.8, 4) is 0 Å². The van der Waals surface area contributed by atoms with Gasteiger partial charge in [0.25, 0.3) is 0 Å². The Bertz CT molecular complexity index is 328. The lowest BCUT2D eigenvalue weighted by Crippen LogP contribution is -2.06. The van der Waals surface area contributed by atoms with Crippen LogP contribution in [-0.4, -0.2) is 21.5 Å². The summed E-state index contributed by atoms with van der Waals surface area (Å²) in [7, 11) is 0. The van der Waals surface area contributed by atoms with Crippen LogP contribution in [0.25, 0.3) is 0 Å². The molecule has 0 unspecified atom stereocenters. The lowest BCUT2D eigenvalue weighted by molar-refractivity contribution is 1.05. The Morgan fingerprint density at radius 3 is 2.79 bits per heavy atom. The highest BCUT2D eigenvalue weighted by Gasteiger charge is 1.99. The van der Waals surface area contributed by atoms with E-state index in [-0.39, 0.29) is 11.2 Å². The van der Waals surface area contributed by atoms with Crippen LogP contribution < -0.4 is 11.1 Å². The number of hydrogen-bond donors (Lipinski definition) is 2. The van der Waals surface area contributed by atoms with E-state index in [1.807, 2.05) is 0 Å². The molecule has 0 aromatic carbocycles. The Morgan fingerprint density at radius 1 is 1.50 bits per heavy atom. The van der Waals surface area contributed by atoms with Crippen molar-refractivity contribution in [3.63, 3.8) is 0 Å². The minimum Gasteiger partial charge on any atom is -0.368 e. The maximum Gasteiger partial charge on any atom is 0.229 e. The van der Waals surface area contributed by atoms with Gasteiger partial charge >= 0.3 is 0 Å². The molecule has 0 aliphatic heterocycles. The van der Waals surface area contributed by atoms with Gasteiger partial charge in [0, 0.05) is 11.6 Å². The van der Waals surface area contributed by atoms with Crippen LogP contribution >= 0.6 is 23.2 Å². The standard InChI is InChI=1S/C7H9Cl2N5/c1-4(8)2-3-11-7-13-5(9)12-6(10)14-7/h2H,3H2,1H3,(H3,10,11,12,13,14)/b4-2+. The van der Waals surface area contributed by atoms with Crippen molar-refractivity contribution in [1.29, 1.82) is 0 Å². The van der Waals surface area contributed by atoms with E-state index in [1.165, 1.54) is 0 Å². The predicted molar refractivity (Wildman–Crippen MR) is 57.3 cm³/mol. The number of nitrogen functional groups attached to an aromatic ring is 1. The summed E-state index contributed by atoms with van der Waals surface area (Å²) in [5, 5.41) is 3.62. The van der Waals surface area contributed by atoms with Crippen molar-refractivity contribution in [1.82, 2.24) is 15.0 Å². The average Bonchev–Trinajstić information content (AvgIpc) is 2.01. The number of nitrogens with zero attached hydrogens (tertiary/aromatic N) is 3. The third-order valence-corrected chi connectivity index (χ3v) is 1.59. The van der Waals surface area contributed by atoms with E-state index in [9.17, 15) is 0 Å². The molecule has 0 aliphatic rings. The van der Waals surface area contributed by atoms with Gasteiger partial charge in [0.05, 0.1) is 0 Å². The second kappa shape index (κ2) is 4.97. The molecule has 1 heterocycles. The monoisotopic (exact) mass is 233 g/mol. The Labute approximate surface area is 91.4 Å². The number of anilines is 2. The van der Waals surface area contributed by atoms with Gasteiger partial charge in [-0.15, -0.1) is 0 Å². The molecule has 1 aromatic heterocycles. The molecule has 1 aromatic rings. The molecule has 0 saturated carbocycles. The Hall–Kier alpha value is -1.07. The number of aromatic nitrogens is 3.